The normalized spacial score (nSPS) is 17.2. The molecule has 25 heavy (non-hydrogen) atoms. The van der Waals surface area contributed by atoms with Gasteiger partial charge in [-0.05, 0) is 32.0 Å². The van der Waals surface area contributed by atoms with Crippen molar-refractivity contribution in [3.63, 3.8) is 0 Å². The highest BCUT2D eigenvalue weighted by Gasteiger charge is 2.34. The maximum absolute atomic E-state index is 12.6. The van der Waals surface area contributed by atoms with Crippen LogP contribution < -0.4 is 14.8 Å². The van der Waals surface area contributed by atoms with Crippen LogP contribution in [-0.4, -0.2) is 53.8 Å². The van der Waals surface area contributed by atoms with Gasteiger partial charge in [-0.15, -0.1) is 0 Å². The Balaban J connectivity index is 2.19. The van der Waals surface area contributed by atoms with Gasteiger partial charge in [-0.1, -0.05) is 0 Å². The largest absolute Gasteiger partial charge is 0.490 e. The van der Waals surface area contributed by atoms with Crippen molar-refractivity contribution < 1.29 is 22.8 Å². The maximum atomic E-state index is 12.6. The summed E-state index contributed by atoms with van der Waals surface area (Å²) >= 11 is 0. The second-order valence-corrected chi connectivity index (χ2v) is 7.87. The zero-order valence-corrected chi connectivity index (χ0v) is 15.1. The highest BCUT2D eigenvalue weighted by Crippen LogP contribution is 2.31. The van der Waals surface area contributed by atoms with Crippen LogP contribution in [0.3, 0.4) is 0 Å². The van der Waals surface area contributed by atoms with E-state index in [-0.39, 0.29) is 28.3 Å². The first-order chi connectivity index (χ1) is 11.8. The van der Waals surface area contributed by atoms with Crippen molar-refractivity contribution in [3.8, 4) is 5.75 Å². The lowest BCUT2D eigenvalue weighted by molar-refractivity contribution is -0.385. The van der Waals surface area contributed by atoms with E-state index < -0.39 is 14.9 Å². The third-order valence-corrected chi connectivity index (χ3v) is 5.81. The number of nitro groups is 1. The van der Waals surface area contributed by atoms with E-state index in [4.69, 9.17) is 9.47 Å². The Morgan fingerprint density at radius 3 is 2.56 bits per heavy atom. The highest BCUT2D eigenvalue weighted by molar-refractivity contribution is 7.89. The predicted molar refractivity (Wildman–Crippen MR) is 91.2 cm³/mol. The van der Waals surface area contributed by atoms with Crippen LogP contribution in [0, 0.1) is 15.5 Å². The zero-order chi connectivity index (χ0) is 18.5. The van der Waals surface area contributed by atoms with Crippen molar-refractivity contribution in [2.45, 2.75) is 17.7 Å². The van der Waals surface area contributed by atoms with Crippen LogP contribution in [0.1, 0.15) is 12.8 Å². The molecular formula is C15H23N3O6S. The van der Waals surface area contributed by atoms with Gasteiger partial charge in [0.1, 0.15) is 0 Å². The Labute approximate surface area is 146 Å². The molecule has 0 atom stereocenters. The summed E-state index contributed by atoms with van der Waals surface area (Å²) in [5.41, 5.74) is -0.548. The summed E-state index contributed by atoms with van der Waals surface area (Å²) in [4.78, 5) is 10.2. The molecule has 0 unspecified atom stereocenters. The third kappa shape index (κ3) is 4.66. The Morgan fingerprint density at radius 2 is 2.00 bits per heavy atom. The quantitative estimate of drug-likeness (QED) is 0.513. The van der Waals surface area contributed by atoms with E-state index in [1.54, 1.807) is 7.11 Å². The third-order valence-electron chi connectivity index (χ3n) is 4.41. The lowest BCUT2D eigenvalue weighted by Crippen LogP contribution is -2.47. The molecule has 0 spiro atoms. The summed E-state index contributed by atoms with van der Waals surface area (Å²) in [5, 5.41) is 14.2. The molecule has 1 fully saturated rings. The van der Waals surface area contributed by atoms with Crippen molar-refractivity contribution in [2.75, 3.05) is 40.5 Å². The Morgan fingerprint density at radius 1 is 1.32 bits per heavy atom. The van der Waals surface area contributed by atoms with Gasteiger partial charge in [-0.25, -0.2) is 13.1 Å². The SMILES string of the molecule is COCC1(CNS(=O)(=O)c2ccc([N+](=O)[O-])c(OC)c2)CCNCC1. The minimum absolute atomic E-state index is 0.0727. The van der Waals surface area contributed by atoms with Gasteiger partial charge in [0, 0.05) is 31.2 Å². The van der Waals surface area contributed by atoms with E-state index in [1.807, 2.05) is 0 Å². The van der Waals surface area contributed by atoms with E-state index in [9.17, 15) is 18.5 Å². The van der Waals surface area contributed by atoms with Crippen LogP contribution in [-0.2, 0) is 14.8 Å². The monoisotopic (exact) mass is 373 g/mol. The smallest absolute Gasteiger partial charge is 0.310 e. The lowest BCUT2D eigenvalue weighted by atomic mass is 9.80. The fourth-order valence-corrected chi connectivity index (χ4v) is 4.12. The first-order valence-electron chi connectivity index (χ1n) is 7.85. The fraction of sp³-hybridized carbons (Fsp3) is 0.600. The zero-order valence-electron chi connectivity index (χ0n) is 14.3. The van der Waals surface area contributed by atoms with Crippen LogP contribution >= 0.6 is 0 Å². The van der Waals surface area contributed by atoms with Gasteiger partial charge >= 0.3 is 5.69 Å². The minimum atomic E-state index is -3.82. The van der Waals surface area contributed by atoms with Crippen molar-refractivity contribution in [2.24, 2.45) is 5.41 Å². The summed E-state index contributed by atoms with van der Waals surface area (Å²) in [7, 11) is -0.964. The number of rotatable bonds is 8. The summed E-state index contributed by atoms with van der Waals surface area (Å²) in [5.74, 6) is -0.0960. The number of benzene rings is 1. The molecular weight excluding hydrogens is 350 g/mol. The van der Waals surface area contributed by atoms with Gasteiger partial charge in [-0.2, -0.15) is 0 Å². The maximum Gasteiger partial charge on any atom is 0.310 e. The van der Waals surface area contributed by atoms with Gasteiger partial charge in [0.25, 0.3) is 0 Å². The molecule has 0 aliphatic carbocycles. The molecule has 2 N–H and O–H groups in total. The molecule has 2 rings (SSSR count). The molecule has 1 aromatic carbocycles. The summed E-state index contributed by atoms with van der Waals surface area (Å²) < 4.78 is 38.0. The Bertz CT molecular complexity index is 710. The molecule has 0 amide bonds. The first kappa shape index (κ1) is 19.6. The van der Waals surface area contributed by atoms with Gasteiger partial charge in [0.05, 0.1) is 23.5 Å². The number of ether oxygens (including phenoxy) is 2. The number of piperidine rings is 1. The fourth-order valence-electron chi connectivity index (χ4n) is 2.94. The van der Waals surface area contributed by atoms with Crippen LogP contribution in [0.5, 0.6) is 5.75 Å². The van der Waals surface area contributed by atoms with Crippen molar-refractivity contribution in [1.29, 1.82) is 0 Å². The number of nitrogens with one attached hydrogen (secondary N) is 2. The van der Waals surface area contributed by atoms with Crippen LogP contribution in [0.2, 0.25) is 0 Å². The highest BCUT2D eigenvalue weighted by atomic mass is 32.2. The summed E-state index contributed by atoms with van der Waals surface area (Å²) in [6.07, 6.45) is 1.60. The van der Waals surface area contributed by atoms with Crippen LogP contribution in [0.4, 0.5) is 5.69 Å². The molecule has 1 aliphatic heterocycles. The standard InChI is InChI=1S/C15H23N3O6S/c1-23-11-15(5-7-16-8-6-15)10-17-25(21,22)12-3-4-13(18(19)20)14(9-12)24-2/h3-4,9,16-17H,5-8,10-11H2,1-2H3. The molecule has 10 heteroatoms. The lowest BCUT2D eigenvalue weighted by Gasteiger charge is -2.37. The van der Waals surface area contributed by atoms with E-state index in [1.165, 1.54) is 13.2 Å². The average Bonchev–Trinajstić information content (AvgIpc) is 2.60. The Kier molecular flexibility index (Phi) is 6.33. The first-order valence-corrected chi connectivity index (χ1v) is 9.34. The second kappa shape index (κ2) is 8.09. The number of sulfonamides is 1. The molecule has 1 saturated heterocycles. The number of nitrogens with zero attached hydrogens (tertiary/aromatic N) is 1. The molecule has 0 bridgehead atoms. The number of nitro benzene ring substituents is 1. The van der Waals surface area contributed by atoms with Gasteiger partial charge in [0.2, 0.25) is 10.0 Å². The molecule has 140 valence electrons. The molecule has 0 saturated carbocycles. The van der Waals surface area contributed by atoms with Gasteiger partial charge in [-0.3, -0.25) is 10.1 Å². The predicted octanol–water partition coefficient (Wildman–Crippen LogP) is 0.898. The van der Waals surface area contributed by atoms with Crippen molar-refractivity contribution in [1.82, 2.24) is 10.0 Å². The average molecular weight is 373 g/mol. The molecule has 9 nitrogen and oxygen atoms in total. The molecule has 0 radical (unpaired) electrons. The number of hydrogen-bond acceptors (Lipinski definition) is 7. The minimum Gasteiger partial charge on any atom is -0.490 e. The van der Waals surface area contributed by atoms with E-state index in [0.29, 0.717) is 6.61 Å². The van der Waals surface area contributed by atoms with Crippen molar-refractivity contribution in [3.05, 3.63) is 28.3 Å². The molecule has 0 aromatic heterocycles. The number of methoxy groups -OCH3 is 2. The van der Waals surface area contributed by atoms with E-state index in [2.05, 4.69) is 10.0 Å². The Hall–Kier alpha value is -1.75. The molecule has 1 aromatic rings. The topological polar surface area (TPSA) is 120 Å². The number of hydrogen-bond donors (Lipinski definition) is 2. The van der Waals surface area contributed by atoms with Gasteiger partial charge in [0.15, 0.2) is 5.75 Å². The molecule has 1 heterocycles. The van der Waals surface area contributed by atoms with Crippen molar-refractivity contribution >= 4 is 15.7 Å². The van der Waals surface area contributed by atoms with E-state index >= 15 is 0 Å². The van der Waals surface area contributed by atoms with Crippen LogP contribution in [0.25, 0.3) is 0 Å². The van der Waals surface area contributed by atoms with Crippen LogP contribution in [0.15, 0.2) is 23.1 Å². The molecule has 1 aliphatic rings. The van der Waals surface area contributed by atoms with E-state index in [0.717, 1.165) is 38.1 Å². The second-order valence-electron chi connectivity index (χ2n) is 6.10. The summed E-state index contributed by atoms with van der Waals surface area (Å²) in [6, 6.07) is 3.49. The summed E-state index contributed by atoms with van der Waals surface area (Å²) in [6.45, 7) is 2.30. The van der Waals surface area contributed by atoms with Gasteiger partial charge < -0.3 is 14.8 Å².